The van der Waals surface area contributed by atoms with Crippen molar-refractivity contribution < 1.29 is 4.39 Å². The monoisotopic (exact) mass is 278 g/mol. The third kappa shape index (κ3) is 3.92. The molecule has 2 rings (SSSR count). The molecule has 0 radical (unpaired) electrons. The van der Waals surface area contributed by atoms with E-state index in [1.807, 2.05) is 13.8 Å². The normalized spacial score (nSPS) is 10.9. The Morgan fingerprint density at radius 2 is 2.00 bits per heavy atom. The first kappa shape index (κ1) is 13.8. The Morgan fingerprint density at radius 1 is 1.32 bits per heavy atom. The number of benzene rings is 1. The van der Waals surface area contributed by atoms with Crippen molar-refractivity contribution in [3.63, 3.8) is 0 Å². The third-order valence-electron chi connectivity index (χ3n) is 2.59. The van der Waals surface area contributed by atoms with Crippen LogP contribution in [0, 0.1) is 5.82 Å². The first-order chi connectivity index (χ1) is 9.04. The Balaban J connectivity index is 2.11. The molecule has 0 fully saturated rings. The number of thioether (sulfide) groups is 1. The molecular formula is C14H15FN2OS. The second-order valence-corrected chi connectivity index (χ2v) is 5.56. The fourth-order valence-corrected chi connectivity index (χ4v) is 2.34. The number of hydrogen-bond acceptors (Lipinski definition) is 3. The van der Waals surface area contributed by atoms with Crippen molar-refractivity contribution in [3.05, 3.63) is 58.0 Å². The van der Waals surface area contributed by atoms with Crippen molar-refractivity contribution >= 4 is 11.8 Å². The molecule has 2 aromatic rings. The van der Waals surface area contributed by atoms with E-state index in [4.69, 9.17) is 0 Å². The summed E-state index contributed by atoms with van der Waals surface area (Å²) in [5, 5.41) is 0. The van der Waals surface area contributed by atoms with Gasteiger partial charge in [0.1, 0.15) is 11.6 Å². The van der Waals surface area contributed by atoms with Gasteiger partial charge in [-0.3, -0.25) is 4.79 Å². The number of hydrogen-bond donors (Lipinski definition) is 1. The molecule has 0 spiro atoms. The Bertz CT molecular complexity index is 608. The van der Waals surface area contributed by atoms with Gasteiger partial charge >= 0.3 is 0 Å². The lowest BCUT2D eigenvalue weighted by molar-refractivity contribution is 0.626. The van der Waals surface area contributed by atoms with E-state index in [-0.39, 0.29) is 17.3 Å². The van der Waals surface area contributed by atoms with E-state index >= 15 is 0 Å². The predicted molar refractivity (Wildman–Crippen MR) is 74.9 cm³/mol. The van der Waals surface area contributed by atoms with E-state index in [1.165, 1.54) is 30.0 Å². The van der Waals surface area contributed by atoms with E-state index < -0.39 is 0 Å². The minimum atomic E-state index is -0.252. The van der Waals surface area contributed by atoms with Crippen LogP contribution in [0.4, 0.5) is 4.39 Å². The van der Waals surface area contributed by atoms with Crippen molar-refractivity contribution in [2.24, 2.45) is 0 Å². The highest BCUT2D eigenvalue weighted by molar-refractivity contribution is 7.98. The minimum Gasteiger partial charge on any atom is -0.310 e. The van der Waals surface area contributed by atoms with Crippen LogP contribution in [0.25, 0.3) is 0 Å². The van der Waals surface area contributed by atoms with Gasteiger partial charge in [0, 0.05) is 11.0 Å². The van der Waals surface area contributed by atoms with Crippen LogP contribution >= 0.6 is 11.8 Å². The average molecular weight is 278 g/mol. The van der Waals surface area contributed by atoms with Crippen molar-refractivity contribution in [1.29, 1.82) is 0 Å². The van der Waals surface area contributed by atoms with Crippen molar-refractivity contribution in [2.45, 2.75) is 30.4 Å². The van der Waals surface area contributed by atoms with Gasteiger partial charge < -0.3 is 4.98 Å². The van der Waals surface area contributed by atoms with Gasteiger partial charge in [0.2, 0.25) is 0 Å². The molecule has 3 nitrogen and oxygen atoms in total. The molecule has 0 aliphatic rings. The van der Waals surface area contributed by atoms with Gasteiger partial charge in [0.15, 0.2) is 0 Å². The number of aromatic amines is 1. The molecule has 5 heteroatoms. The molecule has 0 unspecified atom stereocenters. The first-order valence-corrected chi connectivity index (χ1v) is 7.01. The summed E-state index contributed by atoms with van der Waals surface area (Å²) in [6.07, 6.45) is 0. The quantitative estimate of drug-likeness (QED) is 0.873. The highest BCUT2D eigenvalue weighted by atomic mass is 32.2. The zero-order valence-electron chi connectivity index (χ0n) is 10.8. The fourth-order valence-electron chi connectivity index (χ4n) is 1.58. The van der Waals surface area contributed by atoms with Crippen LogP contribution in [0.2, 0.25) is 0 Å². The standard InChI is InChI=1S/C14H15FN2OS/c1-9(2)12-7-14(18)17-13(16-12)8-19-11-5-3-10(15)4-6-11/h3-7,9H,8H2,1-2H3,(H,16,17,18). The lowest BCUT2D eigenvalue weighted by Gasteiger charge is -2.06. The largest absolute Gasteiger partial charge is 0.310 e. The summed E-state index contributed by atoms with van der Waals surface area (Å²) in [7, 11) is 0. The first-order valence-electron chi connectivity index (χ1n) is 6.03. The van der Waals surface area contributed by atoms with Gasteiger partial charge in [-0.25, -0.2) is 9.37 Å². The number of H-pyrrole nitrogens is 1. The highest BCUT2D eigenvalue weighted by Gasteiger charge is 2.05. The van der Waals surface area contributed by atoms with Crippen LogP contribution in [0.5, 0.6) is 0 Å². The molecule has 0 saturated carbocycles. The molecule has 0 amide bonds. The lowest BCUT2D eigenvalue weighted by Crippen LogP contribution is -2.12. The van der Waals surface area contributed by atoms with Crippen LogP contribution in [-0.4, -0.2) is 9.97 Å². The minimum absolute atomic E-state index is 0.131. The molecule has 0 aliphatic carbocycles. The van der Waals surface area contributed by atoms with Crippen LogP contribution < -0.4 is 5.56 Å². The summed E-state index contributed by atoms with van der Waals surface area (Å²) >= 11 is 1.51. The Morgan fingerprint density at radius 3 is 2.63 bits per heavy atom. The van der Waals surface area contributed by atoms with Crippen molar-refractivity contribution in [2.75, 3.05) is 0 Å². The maximum Gasteiger partial charge on any atom is 0.251 e. The second kappa shape index (κ2) is 6.02. The van der Waals surface area contributed by atoms with Crippen LogP contribution in [0.1, 0.15) is 31.3 Å². The van der Waals surface area contributed by atoms with E-state index in [9.17, 15) is 9.18 Å². The number of rotatable bonds is 4. The van der Waals surface area contributed by atoms with Crippen LogP contribution in [0.15, 0.2) is 40.0 Å². The maximum absolute atomic E-state index is 12.8. The number of aromatic nitrogens is 2. The lowest BCUT2D eigenvalue weighted by atomic mass is 10.1. The highest BCUT2D eigenvalue weighted by Crippen LogP contribution is 2.21. The summed E-state index contributed by atoms with van der Waals surface area (Å²) in [6.45, 7) is 4.00. The number of nitrogens with zero attached hydrogens (tertiary/aromatic N) is 1. The average Bonchev–Trinajstić information content (AvgIpc) is 2.37. The number of halogens is 1. The summed E-state index contributed by atoms with van der Waals surface area (Å²) in [5.74, 6) is 1.17. The molecule has 0 atom stereocenters. The molecule has 0 bridgehead atoms. The molecule has 19 heavy (non-hydrogen) atoms. The van der Waals surface area contributed by atoms with Gasteiger partial charge in [-0.15, -0.1) is 11.8 Å². The molecule has 1 heterocycles. The summed E-state index contributed by atoms with van der Waals surface area (Å²) in [5.41, 5.74) is 0.659. The van der Waals surface area contributed by atoms with Crippen molar-refractivity contribution in [3.8, 4) is 0 Å². The number of nitrogens with one attached hydrogen (secondary N) is 1. The molecule has 100 valence electrons. The smallest absolute Gasteiger partial charge is 0.251 e. The maximum atomic E-state index is 12.8. The predicted octanol–water partition coefficient (Wildman–Crippen LogP) is 3.32. The molecule has 1 aromatic heterocycles. The van der Waals surface area contributed by atoms with Crippen molar-refractivity contribution in [1.82, 2.24) is 9.97 Å². The van der Waals surface area contributed by atoms with Gasteiger partial charge in [0.05, 0.1) is 11.4 Å². The van der Waals surface area contributed by atoms with E-state index in [2.05, 4.69) is 9.97 Å². The summed E-state index contributed by atoms with van der Waals surface area (Å²) < 4.78 is 12.8. The summed E-state index contributed by atoms with van der Waals surface area (Å²) in [4.78, 5) is 19.6. The zero-order chi connectivity index (χ0) is 13.8. The van der Waals surface area contributed by atoms with Crippen LogP contribution in [-0.2, 0) is 5.75 Å². The molecule has 1 N–H and O–H groups in total. The van der Waals surface area contributed by atoms with Crippen LogP contribution in [0.3, 0.4) is 0 Å². The molecule has 0 saturated heterocycles. The van der Waals surface area contributed by atoms with Gasteiger partial charge in [-0.1, -0.05) is 13.8 Å². The SMILES string of the molecule is CC(C)c1cc(=O)[nH]c(CSc2ccc(F)cc2)n1. The Hall–Kier alpha value is -1.62. The van der Waals surface area contributed by atoms with Gasteiger partial charge in [-0.05, 0) is 30.2 Å². The fraction of sp³-hybridized carbons (Fsp3) is 0.286. The summed E-state index contributed by atoms with van der Waals surface area (Å²) in [6, 6.07) is 7.79. The molecule has 1 aromatic carbocycles. The molecular weight excluding hydrogens is 263 g/mol. The molecule has 0 aliphatic heterocycles. The topological polar surface area (TPSA) is 45.8 Å². The van der Waals surface area contributed by atoms with E-state index in [0.29, 0.717) is 11.6 Å². The van der Waals surface area contributed by atoms with Gasteiger partial charge in [-0.2, -0.15) is 0 Å². The van der Waals surface area contributed by atoms with Gasteiger partial charge in [0.25, 0.3) is 5.56 Å². The Labute approximate surface area is 115 Å². The zero-order valence-corrected chi connectivity index (χ0v) is 11.6. The second-order valence-electron chi connectivity index (χ2n) is 4.51. The third-order valence-corrected chi connectivity index (χ3v) is 3.61. The van der Waals surface area contributed by atoms with E-state index in [1.54, 1.807) is 12.1 Å². The Kier molecular flexibility index (Phi) is 4.37. The van der Waals surface area contributed by atoms with E-state index in [0.717, 1.165) is 10.6 Å².